The molecule has 0 aromatic rings. The summed E-state index contributed by atoms with van der Waals surface area (Å²) in [6, 6.07) is 1.62. The van der Waals surface area contributed by atoms with Crippen molar-refractivity contribution in [2.75, 3.05) is 13.1 Å². The third-order valence-electron chi connectivity index (χ3n) is 6.44. The van der Waals surface area contributed by atoms with Crippen molar-refractivity contribution in [2.45, 2.75) is 89.6 Å². The van der Waals surface area contributed by atoms with Crippen molar-refractivity contribution in [1.29, 1.82) is 0 Å². The number of hydrogen-bond donors (Lipinski definition) is 2. The van der Waals surface area contributed by atoms with Crippen molar-refractivity contribution >= 4 is 0 Å². The summed E-state index contributed by atoms with van der Waals surface area (Å²) in [6.45, 7) is 4.97. The molecule has 3 rings (SSSR count). The SMILES string of the molecule is CC1CCCC(CCNC2CCCCC2C2CCCN2)C1. The molecule has 0 bridgehead atoms. The third kappa shape index (κ3) is 4.45. The lowest BCUT2D eigenvalue weighted by atomic mass is 9.78. The first-order chi connectivity index (χ1) is 10.3. The summed E-state index contributed by atoms with van der Waals surface area (Å²) in [5, 5.41) is 7.73. The monoisotopic (exact) mass is 292 g/mol. The molecule has 122 valence electrons. The van der Waals surface area contributed by atoms with E-state index in [4.69, 9.17) is 0 Å². The van der Waals surface area contributed by atoms with Crippen molar-refractivity contribution in [3.63, 3.8) is 0 Å². The molecule has 2 N–H and O–H groups in total. The first-order valence-corrected chi connectivity index (χ1v) is 9.79. The summed E-state index contributed by atoms with van der Waals surface area (Å²) < 4.78 is 0. The zero-order chi connectivity index (χ0) is 14.5. The van der Waals surface area contributed by atoms with E-state index >= 15 is 0 Å². The second kappa shape index (κ2) is 7.97. The zero-order valence-corrected chi connectivity index (χ0v) is 14.1. The van der Waals surface area contributed by atoms with Crippen LogP contribution in [-0.2, 0) is 0 Å². The molecule has 2 heteroatoms. The van der Waals surface area contributed by atoms with Crippen LogP contribution in [0, 0.1) is 17.8 Å². The highest BCUT2D eigenvalue weighted by atomic mass is 15.0. The molecule has 3 aliphatic rings. The van der Waals surface area contributed by atoms with Gasteiger partial charge in [-0.3, -0.25) is 0 Å². The molecule has 0 amide bonds. The Morgan fingerprint density at radius 1 is 0.952 bits per heavy atom. The quantitative estimate of drug-likeness (QED) is 0.797. The van der Waals surface area contributed by atoms with Crippen molar-refractivity contribution in [3.8, 4) is 0 Å². The maximum absolute atomic E-state index is 3.97. The Labute approximate surface area is 131 Å². The van der Waals surface area contributed by atoms with Crippen LogP contribution in [0.1, 0.15) is 77.6 Å². The van der Waals surface area contributed by atoms with Gasteiger partial charge in [0.2, 0.25) is 0 Å². The largest absolute Gasteiger partial charge is 0.314 e. The lowest BCUT2D eigenvalue weighted by molar-refractivity contribution is 0.205. The lowest BCUT2D eigenvalue weighted by Gasteiger charge is -2.37. The van der Waals surface area contributed by atoms with E-state index in [0.29, 0.717) is 0 Å². The zero-order valence-electron chi connectivity index (χ0n) is 14.1. The summed E-state index contributed by atoms with van der Waals surface area (Å²) in [4.78, 5) is 0. The van der Waals surface area contributed by atoms with Crippen LogP contribution in [0.5, 0.6) is 0 Å². The Bertz CT molecular complexity index is 298. The second-order valence-electron chi connectivity index (χ2n) is 8.14. The average molecular weight is 293 g/mol. The van der Waals surface area contributed by atoms with Crippen LogP contribution in [0.4, 0.5) is 0 Å². The summed E-state index contributed by atoms with van der Waals surface area (Å²) >= 11 is 0. The van der Waals surface area contributed by atoms with E-state index in [1.165, 1.54) is 83.7 Å². The summed E-state index contributed by atoms with van der Waals surface area (Å²) in [5.74, 6) is 2.90. The van der Waals surface area contributed by atoms with Crippen LogP contribution in [0.3, 0.4) is 0 Å². The predicted molar refractivity (Wildman–Crippen MR) is 90.5 cm³/mol. The molecule has 0 radical (unpaired) electrons. The molecular weight excluding hydrogens is 256 g/mol. The fourth-order valence-electron chi connectivity index (χ4n) is 5.27. The van der Waals surface area contributed by atoms with Crippen LogP contribution in [-0.4, -0.2) is 25.2 Å². The highest BCUT2D eigenvalue weighted by Crippen LogP contribution is 2.32. The van der Waals surface area contributed by atoms with E-state index in [2.05, 4.69) is 17.6 Å². The Balaban J connectivity index is 1.42. The minimum atomic E-state index is 0.801. The van der Waals surface area contributed by atoms with Gasteiger partial charge in [0.25, 0.3) is 0 Å². The Kier molecular flexibility index (Phi) is 5.99. The number of nitrogens with one attached hydrogen (secondary N) is 2. The lowest BCUT2D eigenvalue weighted by Crippen LogP contribution is -2.47. The topological polar surface area (TPSA) is 24.1 Å². The minimum absolute atomic E-state index is 0.801. The van der Waals surface area contributed by atoms with Crippen LogP contribution in [0.25, 0.3) is 0 Å². The van der Waals surface area contributed by atoms with Gasteiger partial charge in [0.1, 0.15) is 0 Å². The molecule has 1 heterocycles. The van der Waals surface area contributed by atoms with Gasteiger partial charge < -0.3 is 10.6 Å². The van der Waals surface area contributed by atoms with Gasteiger partial charge in [-0.05, 0) is 69.4 Å². The molecule has 0 aromatic heterocycles. The maximum Gasteiger partial charge on any atom is 0.0111 e. The van der Waals surface area contributed by atoms with Crippen LogP contribution < -0.4 is 10.6 Å². The highest BCUT2D eigenvalue weighted by molar-refractivity contribution is 4.91. The van der Waals surface area contributed by atoms with Gasteiger partial charge in [0.05, 0.1) is 0 Å². The van der Waals surface area contributed by atoms with Crippen molar-refractivity contribution in [3.05, 3.63) is 0 Å². The summed E-state index contributed by atoms with van der Waals surface area (Å²) in [6.07, 6.45) is 15.9. The Morgan fingerprint density at radius 3 is 2.67 bits per heavy atom. The molecule has 21 heavy (non-hydrogen) atoms. The number of rotatable bonds is 5. The first-order valence-electron chi connectivity index (χ1n) is 9.79. The summed E-state index contributed by atoms with van der Waals surface area (Å²) in [7, 11) is 0. The van der Waals surface area contributed by atoms with Gasteiger partial charge in [0.15, 0.2) is 0 Å². The molecule has 5 atom stereocenters. The maximum atomic E-state index is 3.97. The Hall–Kier alpha value is -0.0800. The van der Waals surface area contributed by atoms with Gasteiger partial charge in [-0.25, -0.2) is 0 Å². The molecule has 1 saturated heterocycles. The number of hydrogen-bond acceptors (Lipinski definition) is 2. The van der Waals surface area contributed by atoms with E-state index in [-0.39, 0.29) is 0 Å². The molecule has 5 unspecified atom stereocenters. The molecular formula is C19H36N2. The standard InChI is InChI=1S/C19H36N2/c1-15-6-4-7-16(14-15)11-13-21-18-9-3-2-8-17(18)19-10-5-12-20-19/h15-21H,2-14H2,1H3. The van der Waals surface area contributed by atoms with E-state index < -0.39 is 0 Å². The Morgan fingerprint density at radius 2 is 1.86 bits per heavy atom. The van der Waals surface area contributed by atoms with Crippen molar-refractivity contribution < 1.29 is 0 Å². The molecule has 0 aromatic carbocycles. The predicted octanol–water partition coefficient (Wildman–Crippen LogP) is 4.10. The van der Waals surface area contributed by atoms with Gasteiger partial charge in [-0.1, -0.05) is 39.0 Å². The van der Waals surface area contributed by atoms with Gasteiger partial charge >= 0.3 is 0 Å². The van der Waals surface area contributed by atoms with Crippen LogP contribution >= 0.6 is 0 Å². The van der Waals surface area contributed by atoms with E-state index in [0.717, 1.165) is 29.8 Å². The van der Waals surface area contributed by atoms with Crippen molar-refractivity contribution in [1.82, 2.24) is 10.6 Å². The van der Waals surface area contributed by atoms with E-state index in [1.54, 1.807) is 0 Å². The van der Waals surface area contributed by atoms with E-state index in [1.807, 2.05) is 0 Å². The average Bonchev–Trinajstić information content (AvgIpc) is 3.02. The molecule has 2 aliphatic carbocycles. The van der Waals surface area contributed by atoms with Crippen LogP contribution in [0.15, 0.2) is 0 Å². The molecule has 3 fully saturated rings. The molecule has 1 aliphatic heterocycles. The molecule has 2 nitrogen and oxygen atoms in total. The van der Waals surface area contributed by atoms with Gasteiger partial charge in [0, 0.05) is 12.1 Å². The van der Waals surface area contributed by atoms with Crippen LogP contribution in [0.2, 0.25) is 0 Å². The first kappa shape index (κ1) is 15.8. The fraction of sp³-hybridized carbons (Fsp3) is 1.00. The van der Waals surface area contributed by atoms with Crippen molar-refractivity contribution in [2.24, 2.45) is 17.8 Å². The van der Waals surface area contributed by atoms with Gasteiger partial charge in [-0.15, -0.1) is 0 Å². The summed E-state index contributed by atoms with van der Waals surface area (Å²) in [5.41, 5.74) is 0. The minimum Gasteiger partial charge on any atom is -0.314 e. The van der Waals surface area contributed by atoms with Gasteiger partial charge in [-0.2, -0.15) is 0 Å². The van der Waals surface area contributed by atoms with E-state index in [9.17, 15) is 0 Å². The normalized spacial score (nSPS) is 41.3. The third-order valence-corrected chi connectivity index (χ3v) is 6.44. The smallest absolute Gasteiger partial charge is 0.0111 e. The highest BCUT2D eigenvalue weighted by Gasteiger charge is 2.32. The fourth-order valence-corrected chi connectivity index (χ4v) is 5.27. The molecule has 2 saturated carbocycles. The second-order valence-corrected chi connectivity index (χ2v) is 8.14. The molecule has 0 spiro atoms.